The Morgan fingerprint density at radius 2 is 2.16 bits per heavy atom. The lowest BCUT2D eigenvalue weighted by atomic mass is 10.0. The quantitative estimate of drug-likeness (QED) is 0.907. The molecule has 1 fully saturated rings. The molecule has 0 spiro atoms. The number of likely N-dealkylation sites (tertiary alicyclic amines) is 1. The van der Waals surface area contributed by atoms with E-state index in [1.807, 2.05) is 26.0 Å². The number of aromatic nitrogens is 2. The van der Waals surface area contributed by atoms with Crippen LogP contribution in [0.1, 0.15) is 47.8 Å². The standard InChI is InChI=1S/C20H26N4O/c1-14-8-9-21-19(11-14)23-20(25)7-6-16-12-15(2)22-17(13-16)18-5-4-10-24(18)3/h8-9,11-13,18H,4-7,10H2,1-3H3,(H,21,23,25)/t18-/m0/s1. The number of pyridine rings is 2. The fraction of sp³-hybridized carbons (Fsp3) is 0.450. The Morgan fingerprint density at radius 3 is 2.88 bits per heavy atom. The monoisotopic (exact) mass is 338 g/mol. The lowest BCUT2D eigenvalue weighted by Crippen LogP contribution is -2.19. The molecule has 5 nitrogen and oxygen atoms in total. The summed E-state index contributed by atoms with van der Waals surface area (Å²) >= 11 is 0. The first-order chi connectivity index (χ1) is 12.0. The number of carbonyl (C=O) groups is 1. The maximum absolute atomic E-state index is 12.2. The van der Waals surface area contributed by atoms with Crippen LogP contribution in [-0.4, -0.2) is 34.4 Å². The molecule has 0 aromatic carbocycles. The Labute approximate surface area is 149 Å². The zero-order chi connectivity index (χ0) is 17.8. The summed E-state index contributed by atoms with van der Waals surface area (Å²) < 4.78 is 0. The van der Waals surface area contributed by atoms with Gasteiger partial charge in [-0.15, -0.1) is 0 Å². The summed E-state index contributed by atoms with van der Waals surface area (Å²) in [7, 11) is 2.16. The minimum atomic E-state index is -0.00732. The number of rotatable bonds is 5. The van der Waals surface area contributed by atoms with Gasteiger partial charge >= 0.3 is 0 Å². The van der Waals surface area contributed by atoms with Crippen LogP contribution in [0.3, 0.4) is 0 Å². The summed E-state index contributed by atoms with van der Waals surface area (Å²) in [5.74, 6) is 0.608. The van der Waals surface area contributed by atoms with Crippen molar-refractivity contribution in [1.29, 1.82) is 0 Å². The van der Waals surface area contributed by atoms with E-state index in [-0.39, 0.29) is 5.91 Å². The van der Waals surface area contributed by atoms with Gasteiger partial charge < -0.3 is 5.32 Å². The second kappa shape index (κ2) is 7.74. The minimum Gasteiger partial charge on any atom is -0.311 e. The smallest absolute Gasteiger partial charge is 0.225 e. The summed E-state index contributed by atoms with van der Waals surface area (Å²) in [6.07, 6.45) is 5.24. The van der Waals surface area contributed by atoms with Gasteiger partial charge in [0.1, 0.15) is 5.82 Å². The molecule has 0 saturated carbocycles. The zero-order valence-corrected chi connectivity index (χ0v) is 15.2. The molecule has 2 aromatic heterocycles. The molecule has 1 atom stereocenters. The molecule has 3 heterocycles. The summed E-state index contributed by atoms with van der Waals surface area (Å²) in [6, 6.07) is 8.44. The number of amides is 1. The van der Waals surface area contributed by atoms with Crippen molar-refractivity contribution in [2.24, 2.45) is 0 Å². The SMILES string of the molecule is Cc1ccnc(NC(=O)CCc2cc(C)nc([C@@H]3CCCN3C)c2)c1. The highest BCUT2D eigenvalue weighted by molar-refractivity contribution is 5.89. The van der Waals surface area contributed by atoms with Crippen molar-refractivity contribution in [3.05, 3.63) is 53.0 Å². The highest BCUT2D eigenvalue weighted by Crippen LogP contribution is 2.29. The summed E-state index contributed by atoms with van der Waals surface area (Å²) in [6.45, 7) is 5.14. The summed E-state index contributed by atoms with van der Waals surface area (Å²) in [4.78, 5) is 23.5. The van der Waals surface area contributed by atoms with Crippen LogP contribution in [0.25, 0.3) is 0 Å². The molecular formula is C20H26N4O. The number of nitrogens with zero attached hydrogens (tertiary/aromatic N) is 3. The first kappa shape index (κ1) is 17.5. The first-order valence-corrected chi connectivity index (χ1v) is 8.91. The van der Waals surface area contributed by atoms with Gasteiger partial charge in [0.15, 0.2) is 0 Å². The van der Waals surface area contributed by atoms with Crippen molar-refractivity contribution in [3.63, 3.8) is 0 Å². The number of hydrogen-bond acceptors (Lipinski definition) is 4. The lowest BCUT2D eigenvalue weighted by molar-refractivity contribution is -0.116. The summed E-state index contributed by atoms with van der Waals surface area (Å²) in [5.41, 5.74) is 4.42. The van der Waals surface area contributed by atoms with E-state index in [4.69, 9.17) is 4.98 Å². The van der Waals surface area contributed by atoms with Gasteiger partial charge in [-0.1, -0.05) is 0 Å². The van der Waals surface area contributed by atoms with E-state index in [9.17, 15) is 4.79 Å². The third-order valence-corrected chi connectivity index (χ3v) is 4.72. The second-order valence-electron chi connectivity index (χ2n) is 6.95. The van der Waals surface area contributed by atoms with Crippen molar-refractivity contribution in [1.82, 2.24) is 14.9 Å². The van der Waals surface area contributed by atoms with Gasteiger partial charge in [-0.2, -0.15) is 0 Å². The molecule has 1 amide bonds. The number of anilines is 1. The van der Waals surface area contributed by atoms with Gasteiger partial charge in [0, 0.05) is 18.3 Å². The first-order valence-electron chi connectivity index (χ1n) is 8.91. The van der Waals surface area contributed by atoms with Gasteiger partial charge in [0.2, 0.25) is 5.91 Å². The fourth-order valence-corrected chi connectivity index (χ4v) is 3.43. The molecular weight excluding hydrogens is 312 g/mol. The maximum atomic E-state index is 12.2. The Bertz CT molecular complexity index is 759. The number of aryl methyl sites for hydroxylation is 3. The van der Waals surface area contributed by atoms with E-state index in [1.54, 1.807) is 6.20 Å². The Balaban J connectivity index is 1.62. The molecule has 1 saturated heterocycles. The molecule has 0 unspecified atom stereocenters. The molecule has 132 valence electrons. The number of carbonyl (C=O) groups excluding carboxylic acids is 1. The van der Waals surface area contributed by atoms with E-state index in [2.05, 4.69) is 34.4 Å². The molecule has 2 aromatic rings. The van der Waals surface area contributed by atoms with Crippen molar-refractivity contribution in [2.75, 3.05) is 18.9 Å². The van der Waals surface area contributed by atoms with Crippen molar-refractivity contribution >= 4 is 11.7 Å². The topological polar surface area (TPSA) is 58.1 Å². The van der Waals surface area contributed by atoms with E-state index in [1.165, 1.54) is 12.0 Å². The van der Waals surface area contributed by atoms with Crippen molar-refractivity contribution in [3.8, 4) is 0 Å². The lowest BCUT2D eigenvalue weighted by Gasteiger charge is -2.20. The average molecular weight is 338 g/mol. The third-order valence-electron chi connectivity index (χ3n) is 4.72. The highest BCUT2D eigenvalue weighted by Gasteiger charge is 2.24. The Morgan fingerprint density at radius 1 is 1.32 bits per heavy atom. The van der Waals surface area contributed by atoms with Crippen LogP contribution < -0.4 is 5.32 Å². The third kappa shape index (κ3) is 4.63. The van der Waals surface area contributed by atoms with Crippen LogP contribution in [-0.2, 0) is 11.2 Å². The predicted molar refractivity (Wildman–Crippen MR) is 99.5 cm³/mol. The minimum absolute atomic E-state index is 0.00732. The number of hydrogen-bond donors (Lipinski definition) is 1. The molecule has 0 radical (unpaired) electrons. The molecule has 1 aliphatic rings. The molecule has 25 heavy (non-hydrogen) atoms. The van der Waals surface area contributed by atoms with Crippen molar-refractivity contribution < 1.29 is 4.79 Å². The van der Waals surface area contributed by atoms with E-state index < -0.39 is 0 Å². The maximum Gasteiger partial charge on any atom is 0.225 e. The van der Waals surface area contributed by atoms with E-state index >= 15 is 0 Å². The predicted octanol–water partition coefficient (Wildman–Crippen LogP) is 3.43. The molecule has 3 rings (SSSR count). The van der Waals surface area contributed by atoms with Gasteiger partial charge in [-0.3, -0.25) is 14.7 Å². The Hall–Kier alpha value is -2.27. The van der Waals surface area contributed by atoms with Crippen LogP contribution >= 0.6 is 0 Å². The van der Waals surface area contributed by atoms with Crippen molar-refractivity contribution in [2.45, 2.75) is 45.6 Å². The highest BCUT2D eigenvalue weighted by atomic mass is 16.1. The van der Waals surface area contributed by atoms with Gasteiger partial charge in [-0.25, -0.2) is 4.98 Å². The second-order valence-corrected chi connectivity index (χ2v) is 6.95. The van der Waals surface area contributed by atoms with Crippen LogP contribution in [0.15, 0.2) is 30.5 Å². The molecule has 1 aliphatic heterocycles. The van der Waals surface area contributed by atoms with Gasteiger partial charge in [-0.05, 0) is 82.1 Å². The fourth-order valence-electron chi connectivity index (χ4n) is 3.43. The number of nitrogens with one attached hydrogen (secondary N) is 1. The van der Waals surface area contributed by atoms with E-state index in [0.717, 1.165) is 29.9 Å². The normalized spacial score (nSPS) is 17.6. The molecule has 0 bridgehead atoms. The van der Waals surface area contributed by atoms with Gasteiger partial charge in [0.05, 0.1) is 11.7 Å². The molecule has 0 aliphatic carbocycles. The van der Waals surface area contributed by atoms with Crippen LogP contribution in [0.5, 0.6) is 0 Å². The summed E-state index contributed by atoms with van der Waals surface area (Å²) in [5, 5.41) is 2.87. The van der Waals surface area contributed by atoms with Gasteiger partial charge in [0.25, 0.3) is 0 Å². The van der Waals surface area contributed by atoms with E-state index in [0.29, 0.717) is 24.7 Å². The largest absolute Gasteiger partial charge is 0.311 e. The van der Waals surface area contributed by atoms with Crippen LogP contribution in [0.2, 0.25) is 0 Å². The molecule has 5 heteroatoms. The average Bonchev–Trinajstić information content (AvgIpc) is 2.99. The van der Waals surface area contributed by atoms with Crippen LogP contribution in [0, 0.1) is 13.8 Å². The Kier molecular flexibility index (Phi) is 5.43. The van der Waals surface area contributed by atoms with Crippen LogP contribution in [0.4, 0.5) is 5.82 Å². The molecule has 1 N–H and O–H groups in total. The zero-order valence-electron chi connectivity index (χ0n) is 15.2.